The van der Waals surface area contributed by atoms with Crippen molar-refractivity contribution in [1.29, 1.82) is 0 Å². The Morgan fingerprint density at radius 1 is 1.00 bits per heavy atom. The van der Waals surface area contributed by atoms with Crippen LogP contribution in [0.3, 0.4) is 0 Å². The Balaban J connectivity index is 0.000000921. The molecule has 0 saturated carbocycles. The van der Waals surface area contributed by atoms with Gasteiger partial charge in [-0.15, -0.1) is 0 Å². The van der Waals surface area contributed by atoms with E-state index < -0.39 is 0 Å². The highest BCUT2D eigenvalue weighted by atomic mass is 14.2. The third-order valence-corrected chi connectivity index (χ3v) is 2.93. The monoisotopic (exact) mass is 206 g/mol. The van der Waals surface area contributed by atoms with Crippen LogP contribution in [0.25, 0.3) is 0 Å². The number of hydrogen-bond acceptors (Lipinski definition) is 0. The first kappa shape index (κ1) is 14.2. The zero-order valence-corrected chi connectivity index (χ0v) is 11.2. The molecular formula is C15H26. The van der Waals surface area contributed by atoms with Crippen LogP contribution in [0.5, 0.6) is 0 Å². The molecule has 0 bridgehead atoms. The van der Waals surface area contributed by atoms with E-state index in [1.54, 1.807) is 0 Å². The number of hydrogen-bond donors (Lipinski definition) is 0. The van der Waals surface area contributed by atoms with E-state index in [2.05, 4.69) is 52.0 Å². The lowest BCUT2D eigenvalue weighted by Crippen LogP contribution is -2.04. The van der Waals surface area contributed by atoms with Crippen molar-refractivity contribution in [2.24, 2.45) is 5.92 Å². The summed E-state index contributed by atoms with van der Waals surface area (Å²) < 4.78 is 0. The molecule has 0 nitrogen and oxygen atoms in total. The van der Waals surface area contributed by atoms with Gasteiger partial charge >= 0.3 is 0 Å². The Morgan fingerprint density at radius 2 is 1.53 bits per heavy atom. The van der Waals surface area contributed by atoms with E-state index in [9.17, 15) is 0 Å². The summed E-state index contributed by atoms with van der Waals surface area (Å²) in [4.78, 5) is 0. The molecule has 1 unspecified atom stereocenters. The average Bonchev–Trinajstić information content (AvgIpc) is 2.30. The molecule has 15 heavy (non-hydrogen) atoms. The average molecular weight is 206 g/mol. The van der Waals surface area contributed by atoms with Gasteiger partial charge in [0.25, 0.3) is 0 Å². The maximum atomic E-state index is 2.32. The zero-order valence-electron chi connectivity index (χ0n) is 11.2. The topological polar surface area (TPSA) is 0 Å². The molecule has 0 aliphatic rings. The van der Waals surface area contributed by atoms with Crippen LogP contribution in [0.1, 0.15) is 58.6 Å². The molecule has 0 fully saturated rings. The first-order valence-corrected chi connectivity index (χ1v) is 6.24. The third kappa shape index (κ3) is 4.07. The van der Waals surface area contributed by atoms with Gasteiger partial charge in [0.05, 0.1) is 0 Å². The zero-order chi connectivity index (χ0) is 11.8. The maximum Gasteiger partial charge on any atom is -0.0165 e. The van der Waals surface area contributed by atoms with Crippen LogP contribution in [-0.2, 0) is 6.42 Å². The quantitative estimate of drug-likeness (QED) is 0.650. The Bertz CT molecular complexity index is 260. The minimum Gasteiger partial charge on any atom is -0.0683 e. The minimum absolute atomic E-state index is 0.677. The molecule has 0 aliphatic carbocycles. The van der Waals surface area contributed by atoms with Crippen LogP contribution in [0.2, 0.25) is 0 Å². The molecule has 0 amide bonds. The normalized spacial score (nSPS) is 11.9. The Morgan fingerprint density at radius 3 is 2.00 bits per heavy atom. The highest BCUT2D eigenvalue weighted by molar-refractivity contribution is 5.30. The van der Waals surface area contributed by atoms with E-state index in [0.717, 1.165) is 12.3 Å². The van der Waals surface area contributed by atoms with Gasteiger partial charge in [-0.2, -0.15) is 0 Å². The Labute approximate surface area is 95.7 Å². The lowest BCUT2D eigenvalue weighted by Gasteiger charge is -2.19. The van der Waals surface area contributed by atoms with Gasteiger partial charge in [0, 0.05) is 0 Å². The first-order chi connectivity index (χ1) is 7.16. The van der Waals surface area contributed by atoms with Crippen molar-refractivity contribution < 1.29 is 0 Å². The van der Waals surface area contributed by atoms with Gasteiger partial charge in [0.15, 0.2) is 0 Å². The van der Waals surface area contributed by atoms with Crippen molar-refractivity contribution in [3.05, 3.63) is 35.4 Å². The van der Waals surface area contributed by atoms with E-state index in [4.69, 9.17) is 0 Å². The fourth-order valence-electron chi connectivity index (χ4n) is 1.66. The third-order valence-electron chi connectivity index (χ3n) is 2.93. The van der Waals surface area contributed by atoms with E-state index in [-0.39, 0.29) is 0 Å². The first-order valence-electron chi connectivity index (χ1n) is 6.24. The summed E-state index contributed by atoms with van der Waals surface area (Å²) in [5.41, 5.74) is 3.03. The fourth-order valence-corrected chi connectivity index (χ4v) is 1.66. The molecule has 86 valence electrons. The van der Waals surface area contributed by atoms with Gasteiger partial charge in [0.1, 0.15) is 0 Å². The van der Waals surface area contributed by atoms with Crippen LogP contribution in [0, 0.1) is 5.92 Å². The van der Waals surface area contributed by atoms with Crippen molar-refractivity contribution in [1.82, 2.24) is 0 Å². The molecule has 0 heteroatoms. The molecular weight excluding hydrogens is 180 g/mol. The highest BCUT2D eigenvalue weighted by Crippen LogP contribution is 2.26. The highest BCUT2D eigenvalue weighted by Gasteiger charge is 2.12. The fraction of sp³-hybridized carbons (Fsp3) is 0.600. The summed E-state index contributed by atoms with van der Waals surface area (Å²) in [6.07, 6.45) is 1.15. The van der Waals surface area contributed by atoms with Crippen LogP contribution in [-0.4, -0.2) is 0 Å². The second kappa shape index (κ2) is 7.50. The van der Waals surface area contributed by atoms with E-state index >= 15 is 0 Å². The molecule has 0 N–H and O–H groups in total. The summed E-state index contributed by atoms with van der Waals surface area (Å²) in [5, 5.41) is 0. The van der Waals surface area contributed by atoms with Gasteiger partial charge in [0.2, 0.25) is 0 Å². The van der Waals surface area contributed by atoms with Crippen molar-refractivity contribution in [2.75, 3.05) is 0 Å². The molecule has 1 rings (SSSR count). The molecule has 0 heterocycles. The minimum atomic E-state index is 0.677. The van der Waals surface area contributed by atoms with Crippen molar-refractivity contribution in [3.8, 4) is 0 Å². The van der Waals surface area contributed by atoms with Crippen molar-refractivity contribution in [3.63, 3.8) is 0 Å². The molecule has 0 spiro atoms. The molecule has 1 aromatic rings. The number of benzene rings is 1. The smallest absolute Gasteiger partial charge is 0.0165 e. The standard InChI is InChI=1S/C13H20.C2H6/c1-5-12-8-6-7-9-13(12)11(4)10(2)3;1-2/h6-11H,5H2,1-4H3;1-2H3. The predicted octanol–water partition coefficient (Wildman–Crippen LogP) is 5.03. The Hall–Kier alpha value is -0.780. The second-order valence-electron chi connectivity index (χ2n) is 4.09. The molecule has 0 aromatic heterocycles. The number of rotatable bonds is 3. The lowest BCUT2D eigenvalue weighted by molar-refractivity contribution is 0.531. The largest absolute Gasteiger partial charge is 0.0683 e. The van der Waals surface area contributed by atoms with Gasteiger partial charge in [-0.1, -0.05) is 65.8 Å². The van der Waals surface area contributed by atoms with E-state index in [1.165, 1.54) is 11.1 Å². The summed E-state index contributed by atoms with van der Waals surface area (Å²) in [7, 11) is 0. The number of aryl methyl sites for hydroxylation is 1. The molecule has 0 saturated heterocycles. The molecule has 1 atom stereocenters. The predicted molar refractivity (Wildman–Crippen MR) is 70.4 cm³/mol. The Kier molecular flexibility index (Phi) is 7.11. The van der Waals surface area contributed by atoms with Crippen LogP contribution >= 0.6 is 0 Å². The summed E-state index contributed by atoms with van der Waals surface area (Å²) in [6.45, 7) is 13.1. The van der Waals surface area contributed by atoms with Gasteiger partial charge in [-0.25, -0.2) is 0 Å². The maximum absolute atomic E-state index is 2.32. The van der Waals surface area contributed by atoms with Gasteiger partial charge in [-0.05, 0) is 29.4 Å². The second-order valence-corrected chi connectivity index (χ2v) is 4.09. The summed E-state index contributed by atoms with van der Waals surface area (Å²) in [5.74, 6) is 1.41. The molecule has 1 aromatic carbocycles. The lowest BCUT2D eigenvalue weighted by atomic mass is 9.86. The van der Waals surface area contributed by atoms with Crippen LogP contribution in [0.4, 0.5) is 0 Å². The summed E-state index contributed by atoms with van der Waals surface area (Å²) >= 11 is 0. The van der Waals surface area contributed by atoms with Gasteiger partial charge in [-0.3, -0.25) is 0 Å². The van der Waals surface area contributed by atoms with Gasteiger partial charge < -0.3 is 0 Å². The van der Waals surface area contributed by atoms with Crippen molar-refractivity contribution in [2.45, 2.75) is 53.9 Å². The van der Waals surface area contributed by atoms with E-state index in [1.807, 2.05) is 13.8 Å². The molecule has 0 aliphatic heterocycles. The van der Waals surface area contributed by atoms with E-state index in [0.29, 0.717) is 5.92 Å². The van der Waals surface area contributed by atoms with Crippen molar-refractivity contribution >= 4 is 0 Å². The van der Waals surface area contributed by atoms with Crippen LogP contribution in [0.15, 0.2) is 24.3 Å². The SMILES string of the molecule is CC.CCc1ccccc1C(C)C(C)C. The molecule has 0 radical (unpaired) electrons. The summed E-state index contributed by atoms with van der Waals surface area (Å²) in [6, 6.07) is 8.79. The van der Waals surface area contributed by atoms with Crippen LogP contribution < -0.4 is 0 Å².